The summed E-state index contributed by atoms with van der Waals surface area (Å²) in [7, 11) is -3.41. The second-order valence-electron chi connectivity index (χ2n) is 3.33. The Labute approximate surface area is 98.0 Å². The normalized spacial score (nSPS) is 12.6. The minimum atomic E-state index is -3.41. The van der Waals surface area contributed by atoms with Crippen molar-refractivity contribution < 1.29 is 8.42 Å². The Morgan fingerprint density at radius 1 is 1.60 bits per heavy atom. The van der Waals surface area contributed by atoms with Crippen LogP contribution in [0, 0.1) is 0 Å². The Bertz CT molecular complexity index is 388. The van der Waals surface area contributed by atoms with Crippen molar-refractivity contribution >= 4 is 26.0 Å². The van der Waals surface area contributed by atoms with Crippen LogP contribution < -0.4 is 0 Å². The lowest BCUT2D eigenvalue weighted by Crippen LogP contribution is -2.38. The molecule has 1 aromatic rings. The summed E-state index contributed by atoms with van der Waals surface area (Å²) in [5.74, 6) is 0. The van der Waals surface area contributed by atoms with Gasteiger partial charge in [0, 0.05) is 24.1 Å². The highest BCUT2D eigenvalue weighted by atomic mass is 79.9. The van der Waals surface area contributed by atoms with E-state index in [2.05, 4.69) is 26.1 Å². The van der Waals surface area contributed by atoms with E-state index in [1.54, 1.807) is 0 Å². The molecular weight excluding hydrogens is 282 g/mol. The molecule has 0 atom stereocenters. The van der Waals surface area contributed by atoms with Crippen LogP contribution in [-0.2, 0) is 10.0 Å². The summed E-state index contributed by atoms with van der Waals surface area (Å²) >= 11 is 3.24. The fraction of sp³-hybridized carbons (Fsp3) is 0.625. The third kappa shape index (κ3) is 2.79. The van der Waals surface area contributed by atoms with Crippen LogP contribution in [0.25, 0.3) is 0 Å². The zero-order valence-electron chi connectivity index (χ0n) is 8.64. The topological polar surface area (TPSA) is 66.1 Å². The van der Waals surface area contributed by atoms with Crippen LogP contribution >= 0.6 is 15.9 Å². The van der Waals surface area contributed by atoms with Gasteiger partial charge in [-0.15, -0.1) is 0 Å². The number of H-pyrrole nitrogens is 1. The lowest BCUT2D eigenvalue weighted by atomic mass is 10.4. The SMILES string of the molecule is CC(C)N(CCBr)S(=O)(=O)c1cn[nH]c1. The highest BCUT2D eigenvalue weighted by Crippen LogP contribution is 2.16. The molecule has 0 aromatic carbocycles. The van der Waals surface area contributed by atoms with E-state index in [0.29, 0.717) is 11.9 Å². The number of aromatic amines is 1. The first-order chi connectivity index (χ1) is 7.00. The third-order valence-corrected chi connectivity index (χ3v) is 4.36. The molecule has 0 aliphatic rings. The Morgan fingerprint density at radius 3 is 2.67 bits per heavy atom. The van der Waals surface area contributed by atoms with Crippen LogP contribution in [0.2, 0.25) is 0 Å². The van der Waals surface area contributed by atoms with Gasteiger partial charge in [-0.1, -0.05) is 15.9 Å². The predicted molar refractivity (Wildman–Crippen MR) is 61.4 cm³/mol. The summed E-state index contributed by atoms with van der Waals surface area (Å²) in [5, 5.41) is 6.77. The molecule has 0 aliphatic heterocycles. The van der Waals surface area contributed by atoms with E-state index in [1.807, 2.05) is 13.8 Å². The molecular formula is C8H14BrN3O2S. The number of rotatable bonds is 5. The highest BCUT2D eigenvalue weighted by molar-refractivity contribution is 9.09. The number of aromatic nitrogens is 2. The van der Waals surface area contributed by atoms with E-state index in [0.717, 1.165) is 0 Å². The fourth-order valence-electron chi connectivity index (χ4n) is 1.25. The standard InChI is InChI=1S/C8H14BrN3O2S/c1-7(2)12(4-3-9)15(13,14)8-5-10-11-6-8/h5-7H,3-4H2,1-2H3,(H,10,11). The number of sulfonamides is 1. The Hall–Kier alpha value is -0.400. The first-order valence-corrected chi connectivity index (χ1v) is 7.13. The van der Waals surface area contributed by atoms with E-state index >= 15 is 0 Å². The average Bonchev–Trinajstić information content (AvgIpc) is 2.66. The minimum absolute atomic E-state index is 0.0672. The van der Waals surface area contributed by atoms with Crippen LogP contribution in [0.4, 0.5) is 0 Å². The number of hydrogen-bond donors (Lipinski definition) is 1. The van der Waals surface area contributed by atoms with Crippen LogP contribution in [0.15, 0.2) is 17.3 Å². The lowest BCUT2D eigenvalue weighted by Gasteiger charge is -2.24. The molecule has 0 bridgehead atoms. The molecule has 0 saturated carbocycles. The Kier molecular flexibility index (Phi) is 4.30. The summed E-state index contributed by atoms with van der Waals surface area (Å²) in [6, 6.07) is -0.0672. The largest absolute Gasteiger partial charge is 0.284 e. The molecule has 7 heteroatoms. The van der Waals surface area contributed by atoms with Gasteiger partial charge in [0.25, 0.3) is 0 Å². The first kappa shape index (κ1) is 12.7. The van der Waals surface area contributed by atoms with Crippen molar-refractivity contribution in [3.05, 3.63) is 12.4 Å². The number of alkyl halides is 1. The van der Waals surface area contributed by atoms with Gasteiger partial charge in [0.05, 0.1) is 6.20 Å². The molecule has 0 fully saturated rings. The summed E-state index contributed by atoms with van der Waals surface area (Å²) < 4.78 is 25.6. The van der Waals surface area contributed by atoms with Gasteiger partial charge < -0.3 is 0 Å². The van der Waals surface area contributed by atoms with Gasteiger partial charge in [-0.25, -0.2) is 8.42 Å². The monoisotopic (exact) mass is 295 g/mol. The van der Waals surface area contributed by atoms with Crippen LogP contribution in [0.1, 0.15) is 13.8 Å². The molecule has 0 unspecified atom stereocenters. The van der Waals surface area contributed by atoms with Crippen molar-refractivity contribution in [3.8, 4) is 0 Å². The molecule has 1 aromatic heterocycles. The van der Waals surface area contributed by atoms with Crippen molar-refractivity contribution in [2.75, 3.05) is 11.9 Å². The van der Waals surface area contributed by atoms with Gasteiger partial charge in [-0.3, -0.25) is 5.10 Å². The van der Waals surface area contributed by atoms with Crippen molar-refractivity contribution in [1.82, 2.24) is 14.5 Å². The van der Waals surface area contributed by atoms with E-state index in [4.69, 9.17) is 0 Å². The van der Waals surface area contributed by atoms with Gasteiger partial charge in [-0.2, -0.15) is 9.40 Å². The molecule has 0 saturated heterocycles. The zero-order chi connectivity index (χ0) is 11.5. The predicted octanol–water partition coefficient (Wildman–Crippen LogP) is 1.20. The molecule has 5 nitrogen and oxygen atoms in total. The smallest absolute Gasteiger partial charge is 0.246 e. The number of nitrogens with zero attached hydrogens (tertiary/aromatic N) is 2. The second kappa shape index (κ2) is 5.09. The summed E-state index contributed by atoms with van der Waals surface area (Å²) in [6.07, 6.45) is 2.71. The Morgan fingerprint density at radius 2 is 2.27 bits per heavy atom. The molecule has 0 aliphatic carbocycles. The molecule has 0 spiro atoms. The third-order valence-electron chi connectivity index (χ3n) is 1.96. The van der Waals surface area contributed by atoms with Crippen LogP contribution in [-0.4, -0.2) is 40.8 Å². The first-order valence-electron chi connectivity index (χ1n) is 4.56. The van der Waals surface area contributed by atoms with Crippen molar-refractivity contribution in [2.24, 2.45) is 0 Å². The van der Waals surface area contributed by atoms with Gasteiger partial charge in [0.2, 0.25) is 10.0 Å². The number of hydrogen-bond acceptors (Lipinski definition) is 3. The van der Waals surface area contributed by atoms with Crippen molar-refractivity contribution in [3.63, 3.8) is 0 Å². The van der Waals surface area contributed by atoms with Crippen molar-refractivity contribution in [2.45, 2.75) is 24.8 Å². The summed E-state index contributed by atoms with van der Waals surface area (Å²) in [5.41, 5.74) is 0. The molecule has 15 heavy (non-hydrogen) atoms. The lowest BCUT2D eigenvalue weighted by molar-refractivity contribution is 0.372. The zero-order valence-corrected chi connectivity index (χ0v) is 11.0. The fourth-order valence-corrected chi connectivity index (χ4v) is 3.42. The quantitative estimate of drug-likeness (QED) is 0.830. The maximum absolute atomic E-state index is 12.1. The molecule has 86 valence electrons. The van der Waals surface area contributed by atoms with Gasteiger partial charge in [0.1, 0.15) is 4.90 Å². The van der Waals surface area contributed by atoms with Crippen LogP contribution in [0.5, 0.6) is 0 Å². The van der Waals surface area contributed by atoms with E-state index in [-0.39, 0.29) is 10.9 Å². The molecule has 1 heterocycles. The molecule has 0 amide bonds. The minimum Gasteiger partial charge on any atom is -0.284 e. The van der Waals surface area contributed by atoms with Crippen LogP contribution in [0.3, 0.4) is 0 Å². The highest BCUT2D eigenvalue weighted by Gasteiger charge is 2.26. The second-order valence-corrected chi connectivity index (χ2v) is 6.02. The summed E-state index contributed by atoms with van der Waals surface area (Å²) in [6.45, 7) is 4.14. The van der Waals surface area contributed by atoms with E-state index < -0.39 is 10.0 Å². The van der Waals surface area contributed by atoms with Gasteiger partial charge in [0.15, 0.2) is 0 Å². The summed E-state index contributed by atoms with van der Waals surface area (Å²) in [4.78, 5) is 0.206. The van der Waals surface area contributed by atoms with E-state index in [9.17, 15) is 8.42 Å². The van der Waals surface area contributed by atoms with E-state index in [1.165, 1.54) is 16.7 Å². The maximum atomic E-state index is 12.1. The van der Waals surface area contributed by atoms with Crippen molar-refractivity contribution in [1.29, 1.82) is 0 Å². The van der Waals surface area contributed by atoms with Gasteiger partial charge >= 0.3 is 0 Å². The van der Waals surface area contributed by atoms with Gasteiger partial charge in [-0.05, 0) is 13.8 Å². The molecule has 1 rings (SSSR count). The number of halogens is 1. The molecule has 0 radical (unpaired) electrons. The number of nitrogens with one attached hydrogen (secondary N) is 1. The maximum Gasteiger partial charge on any atom is 0.246 e. The molecule has 1 N–H and O–H groups in total. The average molecular weight is 296 g/mol. The Balaban J connectivity index is 3.02.